The molecule has 0 N–H and O–H groups in total. The Morgan fingerprint density at radius 2 is 1.36 bits per heavy atom. The van der Waals surface area contributed by atoms with Gasteiger partial charge >= 0.3 is 0 Å². The number of Topliss-reactive ketones (excluding diaryl/α,β-unsaturated/α-hetero) is 1. The highest BCUT2D eigenvalue weighted by molar-refractivity contribution is 9.11. The van der Waals surface area contributed by atoms with E-state index in [9.17, 15) is 4.79 Å². The second-order valence-corrected chi connectivity index (χ2v) is 7.26. The van der Waals surface area contributed by atoms with Crippen LogP contribution in [0.5, 0.6) is 0 Å². The number of hydrogen-bond acceptors (Lipinski definition) is 2. The van der Waals surface area contributed by atoms with E-state index in [4.69, 9.17) is 0 Å². The molecule has 1 rings (SSSR count). The number of carbonyl (C=O) groups excluding carboxylic acids is 1. The molecule has 2 unspecified atom stereocenters. The van der Waals surface area contributed by atoms with Gasteiger partial charge in [-0.25, -0.2) is 3.93 Å². The highest BCUT2D eigenvalue weighted by Gasteiger charge is 2.54. The first-order valence-electron chi connectivity index (χ1n) is 4.41. The minimum Gasteiger partial charge on any atom is -0.297 e. The summed E-state index contributed by atoms with van der Waals surface area (Å²) in [4.78, 5) is 11.6. The summed E-state index contributed by atoms with van der Waals surface area (Å²) in [6.07, 6.45) is 0. The van der Waals surface area contributed by atoms with Crippen LogP contribution in [0.3, 0.4) is 0 Å². The van der Waals surface area contributed by atoms with E-state index in [1.165, 1.54) is 0 Å². The predicted molar refractivity (Wildman–Crippen MR) is 69.4 cm³/mol. The van der Waals surface area contributed by atoms with Crippen LogP contribution >= 0.6 is 48.0 Å². The van der Waals surface area contributed by atoms with Gasteiger partial charge in [-0.15, -0.1) is 0 Å². The number of nitrogens with zero attached hydrogens (tertiary/aromatic N) is 1. The molecule has 1 saturated heterocycles. The summed E-state index contributed by atoms with van der Waals surface area (Å²) in [7, 11) is 0. The predicted octanol–water partition coefficient (Wildman–Crippen LogP) is 3.27. The van der Waals surface area contributed by atoms with Crippen LogP contribution in [-0.2, 0) is 4.79 Å². The lowest BCUT2D eigenvalue weighted by atomic mass is 9.82. The van der Waals surface area contributed by atoms with E-state index < -0.39 is 0 Å². The van der Waals surface area contributed by atoms with Crippen molar-refractivity contribution in [2.24, 2.45) is 0 Å². The zero-order valence-corrected chi connectivity index (χ0v) is 13.4. The summed E-state index contributed by atoms with van der Waals surface area (Å²) in [5.74, 6) is 0.204. The van der Waals surface area contributed by atoms with E-state index in [1.807, 2.05) is 27.7 Å². The number of piperidine rings is 1. The Hall–Kier alpha value is 1.07. The lowest BCUT2D eigenvalue weighted by molar-refractivity contribution is -0.125. The number of carbonyl (C=O) groups is 1. The minimum absolute atomic E-state index is 0.160. The van der Waals surface area contributed by atoms with Crippen molar-refractivity contribution in [3.05, 3.63) is 0 Å². The van der Waals surface area contributed by atoms with Crippen LogP contribution in [0.1, 0.15) is 27.7 Å². The molecule has 1 fully saturated rings. The van der Waals surface area contributed by atoms with Crippen molar-refractivity contribution < 1.29 is 4.79 Å². The molecule has 0 bridgehead atoms. The van der Waals surface area contributed by atoms with Crippen LogP contribution in [0.4, 0.5) is 0 Å². The zero-order chi connectivity index (χ0) is 11.3. The second kappa shape index (κ2) is 3.82. The molecule has 1 aliphatic rings. The Morgan fingerprint density at radius 1 is 1.07 bits per heavy atom. The largest absolute Gasteiger partial charge is 0.297 e. The first-order valence-corrected chi connectivity index (χ1v) is 6.95. The van der Waals surface area contributed by atoms with Crippen molar-refractivity contribution in [1.29, 1.82) is 0 Å². The average molecular weight is 392 g/mol. The van der Waals surface area contributed by atoms with Gasteiger partial charge in [-0.1, -0.05) is 31.9 Å². The molecule has 82 valence electrons. The number of halogens is 3. The van der Waals surface area contributed by atoms with E-state index in [1.54, 1.807) is 0 Å². The van der Waals surface area contributed by atoms with Gasteiger partial charge < -0.3 is 0 Å². The number of hydrogen-bond donors (Lipinski definition) is 0. The summed E-state index contributed by atoms with van der Waals surface area (Å²) in [6.45, 7) is 8.17. The van der Waals surface area contributed by atoms with Gasteiger partial charge in [-0.3, -0.25) is 4.79 Å². The maximum atomic E-state index is 12.0. The molecule has 0 aromatic heterocycles. The molecule has 2 nitrogen and oxygen atoms in total. The maximum Gasteiger partial charge on any atom is 0.163 e. The fourth-order valence-corrected chi connectivity index (χ4v) is 4.02. The average Bonchev–Trinajstić information content (AvgIpc) is 2.11. The van der Waals surface area contributed by atoms with Gasteiger partial charge in [0.15, 0.2) is 5.78 Å². The molecule has 2 atom stereocenters. The molecule has 1 aliphatic heterocycles. The number of ketones is 1. The van der Waals surface area contributed by atoms with Crippen molar-refractivity contribution in [3.8, 4) is 0 Å². The van der Waals surface area contributed by atoms with Crippen LogP contribution in [0.15, 0.2) is 0 Å². The van der Waals surface area contributed by atoms with Crippen molar-refractivity contribution in [1.82, 2.24) is 3.93 Å². The molecule has 0 radical (unpaired) electrons. The highest BCUT2D eigenvalue weighted by atomic mass is 79.9. The summed E-state index contributed by atoms with van der Waals surface area (Å²) in [5.41, 5.74) is -0.463. The SMILES string of the molecule is CC1(C)C(Br)C(=O)C(Br)C(C)(C)N1Br. The third kappa shape index (κ3) is 1.74. The van der Waals surface area contributed by atoms with Gasteiger partial charge in [0, 0.05) is 27.2 Å². The normalized spacial score (nSPS) is 37.2. The van der Waals surface area contributed by atoms with Crippen LogP contribution in [0.25, 0.3) is 0 Å². The van der Waals surface area contributed by atoms with E-state index in [0.717, 1.165) is 0 Å². The van der Waals surface area contributed by atoms with E-state index in [2.05, 4.69) is 51.9 Å². The van der Waals surface area contributed by atoms with Crippen LogP contribution in [0, 0.1) is 0 Å². The smallest absolute Gasteiger partial charge is 0.163 e. The van der Waals surface area contributed by atoms with Crippen molar-refractivity contribution >= 4 is 53.8 Å². The first-order chi connectivity index (χ1) is 6.13. The van der Waals surface area contributed by atoms with E-state index >= 15 is 0 Å². The van der Waals surface area contributed by atoms with Crippen LogP contribution in [-0.4, -0.2) is 30.4 Å². The molecule has 0 aromatic rings. The monoisotopic (exact) mass is 389 g/mol. The van der Waals surface area contributed by atoms with E-state index in [-0.39, 0.29) is 26.5 Å². The molecule has 1 heterocycles. The molecule has 0 aliphatic carbocycles. The Bertz CT molecular complexity index is 241. The maximum absolute atomic E-state index is 12.0. The van der Waals surface area contributed by atoms with Crippen molar-refractivity contribution in [2.45, 2.75) is 48.4 Å². The summed E-state index contributed by atoms with van der Waals surface area (Å²) in [5, 5.41) is 0. The van der Waals surface area contributed by atoms with Gasteiger partial charge in [-0.2, -0.15) is 0 Å². The van der Waals surface area contributed by atoms with Gasteiger partial charge in [0.05, 0.1) is 9.65 Å². The van der Waals surface area contributed by atoms with Crippen LogP contribution in [0.2, 0.25) is 0 Å². The summed E-state index contributed by atoms with van der Waals surface area (Å²) >= 11 is 10.5. The molecule has 0 saturated carbocycles. The molecule has 0 spiro atoms. The molecule has 0 aromatic carbocycles. The quantitative estimate of drug-likeness (QED) is 0.466. The van der Waals surface area contributed by atoms with Gasteiger partial charge in [0.2, 0.25) is 0 Å². The molecule has 0 amide bonds. The second-order valence-electron chi connectivity index (χ2n) is 4.72. The van der Waals surface area contributed by atoms with Crippen molar-refractivity contribution in [3.63, 3.8) is 0 Å². The van der Waals surface area contributed by atoms with Gasteiger partial charge in [0.25, 0.3) is 0 Å². The molecular weight excluding hydrogens is 378 g/mol. The van der Waals surface area contributed by atoms with Gasteiger partial charge in [-0.05, 0) is 27.7 Å². The standard InChI is InChI=1S/C9H14Br3NO/c1-8(2)6(10)5(14)7(11)9(3,4)13(8)12/h6-7H,1-4H3. The fourth-order valence-electron chi connectivity index (χ4n) is 1.77. The van der Waals surface area contributed by atoms with Gasteiger partial charge in [0.1, 0.15) is 0 Å². The highest BCUT2D eigenvalue weighted by Crippen LogP contribution is 2.44. The Balaban J connectivity index is 3.15. The Morgan fingerprint density at radius 3 is 1.64 bits per heavy atom. The zero-order valence-electron chi connectivity index (χ0n) is 8.64. The summed E-state index contributed by atoms with van der Waals surface area (Å²) in [6, 6.07) is 0. The van der Waals surface area contributed by atoms with E-state index in [0.29, 0.717) is 0 Å². The Kier molecular flexibility index (Phi) is 3.59. The first kappa shape index (κ1) is 13.1. The fraction of sp³-hybridized carbons (Fsp3) is 0.889. The third-order valence-corrected chi connectivity index (χ3v) is 7.72. The lowest BCUT2D eigenvalue weighted by Crippen LogP contribution is -2.67. The third-order valence-electron chi connectivity index (χ3n) is 2.75. The van der Waals surface area contributed by atoms with Crippen molar-refractivity contribution in [2.75, 3.05) is 0 Å². The van der Waals surface area contributed by atoms with Crippen LogP contribution < -0.4 is 0 Å². The lowest BCUT2D eigenvalue weighted by Gasteiger charge is -2.52. The molecular formula is C9H14Br3NO. The number of rotatable bonds is 0. The Labute approximate surface area is 110 Å². The molecule has 5 heteroatoms. The summed E-state index contributed by atoms with van der Waals surface area (Å²) < 4.78 is 2.06. The topological polar surface area (TPSA) is 20.3 Å². The molecule has 14 heavy (non-hydrogen) atoms. The number of alkyl halides is 2. The minimum atomic E-state index is -0.231.